The van der Waals surface area contributed by atoms with Crippen LogP contribution in [-0.4, -0.2) is 44.6 Å². The number of aryl methyl sites for hydroxylation is 1. The summed E-state index contributed by atoms with van der Waals surface area (Å²) in [5.41, 5.74) is 1.41. The van der Waals surface area contributed by atoms with Crippen LogP contribution in [0.3, 0.4) is 0 Å². The van der Waals surface area contributed by atoms with Crippen LogP contribution >= 0.6 is 0 Å². The van der Waals surface area contributed by atoms with Gasteiger partial charge in [-0.15, -0.1) is 0 Å². The van der Waals surface area contributed by atoms with Crippen LogP contribution in [0.2, 0.25) is 0 Å². The number of rotatable bonds is 5. The maximum absolute atomic E-state index is 12.9. The first-order chi connectivity index (χ1) is 9.91. The van der Waals surface area contributed by atoms with Gasteiger partial charge in [-0.25, -0.2) is 8.42 Å². The average Bonchev–Trinajstić information content (AvgIpc) is 2.91. The van der Waals surface area contributed by atoms with Crippen molar-refractivity contribution in [2.24, 2.45) is 0 Å². The van der Waals surface area contributed by atoms with Gasteiger partial charge in [0.2, 0.25) is 0 Å². The summed E-state index contributed by atoms with van der Waals surface area (Å²) in [7, 11) is -3.44. The molecular formula is C15H23NO4S. The zero-order chi connectivity index (χ0) is 15.6. The number of aliphatic hydroxyl groups is 1. The molecule has 0 bridgehead atoms. The summed E-state index contributed by atoms with van der Waals surface area (Å²) in [5, 5.41) is 11.7. The van der Waals surface area contributed by atoms with Gasteiger partial charge in [0.25, 0.3) is 0 Å². The lowest BCUT2D eigenvalue weighted by Crippen LogP contribution is -2.26. The Hall–Kier alpha value is -1.11. The van der Waals surface area contributed by atoms with E-state index in [1.165, 1.54) is 0 Å². The van der Waals surface area contributed by atoms with E-state index in [0.29, 0.717) is 35.8 Å². The van der Waals surface area contributed by atoms with Crippen molar-refractivity contribution in [3.05, 3.63) is 23.3 Å². The fourth-order valence-corrected chi connectivity index (χ4v) is 5.06. The van der Waals surface area contributed by atoms with Crippen molar-refractivity contribution < 1.29 is 18.3 Å². The molecule has 2 atom stereocenters. The molecule has 2 unspecified atom stereocenters. The molecule has 1 heterocycles. The number of sulfone groups is 1. The Kier molecular flexibility index (Phi) is 4.91. The van der Waals surface area contributed by atoms with Gasteiger partial charge in [0.1, 0.15) is 5.75 Å². The lowest BCUT2D eigenvalue weighted by atomic mass is 10.1. The minimum atomic E-state index is -3.44. The van der Waals surface area contributed by atoms with Crippen LogP contribution in [0.15, 0.2) is 17.0 Å². The van der Waals surface area contributed by atoms with Crippen molar-refractivity contribution in [2.75, 3.05) is 19.8 Å². The molecule has 0 aliphatic carbocycles. The van der Waals surface area contributed by atoms with Crippen LogP contribution in [0.5, 0.6) is 5.75 Å². The van der Waals surface area contributed by atoms with Crippen molar-refractivity contribution in [2.45, 2.75) is 43.4 Å². The molecule has 2 N–H and O–H groups in total. The maximum atomic E-state index is 12.9. The summed E-state index contributed by atoms with van der Waals surface area (Å²) in [6, 6.07) is 3.47. The second kappa shape index (κ2) is 6.34. The molecule has 21 heavy (non-hydrogen) atoms. The summed E-state index contributed by atoms with van der Waals surface area (Å²) in [5.74, 6) is 0.617. The molecule has 0 radical (unpaired) electrons. The zero-order valence-electron chi connectivity index (χ0n) is 12.7. The lowest BCUT2D eigenvalue weighted by Gasteiger charge is -2.18. The third kappa shape index (κ3) is 3.07. The Morgan fingerprint density at radius 3 is 2.67 bits per heavy atom. The highest BCUT2D eigenvalue weighted by atomic mass is 32.2. The number of ether oxygens (including phenoxy) is 1. The molecule has 1 saturated heterocycles. The first-order valence-electron chi connectivity index (χ1n) is 7.23. The van der Waals surface area contributed by atoms with Gasteiger partial charge in [0.15, 0.2) is 9.84 Å². The molecule has 0 saturated carbocycles. The predicted octanol–water partition coefficient (Wildman–Crippen LogP) is 1.20. The molecule has 1 fully saturated rings. The van der Waals surface area contributed by atoms with E-state index >= 15 is 0 Å². The third-order valence-electron chi connectivity index (χ3n) is 3.98. The number of nitrogens with one attached hydrogen (secondary N) is 1. The molecular weight excluding hydrogens is 290 g/mol. The second-order valence-electron chi connectivity index (χ2n) is 5.46. The van der Waals surface area contributed by atoms with Crippen LogP contribution in [0.1, 0.15) is 24.5 Å². The number of hydrogen-bond donors (Lipinski definition) is 2. The van der Waals surface area contributed by atoms with Gasteiger partial charge in [0, 0.05) is 18.2 Å². The Morgan fingerprint density at radius 2 is 2.10 bits per heavy atom. The lowest BCUT2D eigenvalue weighted by molar-refractivity contribution is 0.255. The van der Waals surface area contributed by atoms with Gasteiger partial charge in [-0.2, -0.15) is 0 Å². The predicted molar refractivity (Wildman–Crippen MR) is 81.6 cm³/mol. The maximum Gasteiger partial charge on any atom is 0.183 e. The van der Waals surface area contributed by atoms with Crippen LogP contribution in [-0.2, 0) is 9.84 Å². The largest absolute Gasteiger partial charge is 0.494 e. The molecule has 1 aliphatic rings. The van der Waals surface area contributed by atoms with Gasteiger partial charge in [-0.3, -0.25) is 0 Å². The molecule has 0 aromatic heterocycles. The van der Waals surface area contributed by atoms with Gasteiger partial charge < -0.3 is 15.2 Å². The quantitative estimate of drug-likeness (QED) is 0.854. The highest BCUT2D eigenvalue weighted by molar-refractivity contribution is 7.92. The molecule has 5 nitrogen and oxygen atoms in total. The van der Waals surface area contributed by atoms with Crippen LogP contribution in [0.25, 0.3) is 0 Å². The number of aliphatic hydroxyl groups excluding tert-OH is 1. The average molecular weight is 313 g/mol. The Morgan fingerprint density at radius 1 is 1.38 bits per heavy atom. The zero-order valence-corrected chi connectivity index (χ0v) is 13.5. The Bertz CT molecular complexity index is 612. The summed E-state index contributed by atoms with van der Waals surface area (Å²) in [4.78, 5) is 0.374. The normalized spacial score (nSPS) is 22.5. The molecule has 118 valence electrons. The summed E-state index contributed by atoms with van der Waals surface area (Å²) in [6.45, 7) is 6.31. The van der Waals surface area contributed by atoms with Gasteiger partial charge in [-0.05, 0) is 38.8 Å². The van der Waals surface area contributed by atoms with E-state index in [2.05, 4.69) is 5.32 Å². The summed E-state index contributed by atoms with van der Waals surface area (Å²) < 4.78 is 31.3. The van der Waals surface area contributed by atoms with Crippen LogP contribution in [0, 0.1) is 13.8 Å². The van der Waals surface area contributed by atoms with E-state index in [1.54, 1.807) is 13.0 Å². The topological polar surface area (TPSA) is 75.6 Å². The number of hydrogen-bond acceptors (Lipinski definition) is 5. The van der Waals surface area contributed by atoms with Crippen molar-refractivity contribution >= 4 is 9.84 Å². The minimum absolute atomic E-state index is 0.0387. The summed E-state index contributed by atoms with van der Waals surface area (Å²) >= 11 is 0. The molecule has 1 aromatic rings. The van der Waals surface area contributed by atoms with Crippen LogP contribution < -0.4 is 10.1 Å². The fraction of sp³-hybridized carbons (Fsp3) is 0.600. The van der Waals surface area contributed by atoms with E-state index in [9.17, 15) is 8.42 Å². The Balaban J connectivity index is 2.43. The van der Waals surface area contributed by atoms with Crippen LogP contribution in [0.4, 0.5) is 0 Å². The van der Waals surface area contributed by atoms with Gasteiger partial charge in [-0.1, -0.05) is 6.07 Å². The molecule has 2 rings (SSSR count). The van der Waals surface area contributed by atoms with Crippen molar-refractivity contribution in [3.63, 3.8) is 0 Å². The first-order valence-corrected chi connectivity index (χ1v) is 8.77. The molecule has 0 spiro atoms. The highest BCUT2D eigenvalue weighted by Gasteiger charge is 2.36. The minimum Gasteiger partial charge on any atom is -0.494 e. The summed E-state index contributed by atoms with van der Waals surface area (Å²) in [6.07, 6.45) is 0.441. The van der Waals surface area contributed by atoms with E-state index < -0.39 is 15.1 Å². The van der Waals surface area contributed by atoms with Crippen molar-refractivity contribution in [1.82, 2.24) is 5.32 Å². The van der Waals surface area contributed by atoms with E-state index in [0.717, 1.165) is 5.56 Å². The smallest absolute Gasteiger partial charge is 0.183 e. The molecule has 6 heteroatoms. The number of benzene rings is 1. The molecule has 1 aromatic carbocycles. The monoisotopic (exact) mass is 313 g/mol. The SMILES string of the molecule is CCOc1ccc(C)c(S(=O)(=O)C2CNC(CO)C2)c1C. The van der Waals surface area contributed by atoms with E-state index in [4.69, 9.17) is 9.84 Å². The van der Waals surface area contributed by atoms with E-state index in [1.807, 2.05) is 19.9 Å². The van der Waals surface area contributed by atoms with E-state index in [-0.39, 0.29) is 12.6 Å². The first kappa shape index (κ1) is 16.3. The second-order valence-corrected chi connectivity index (χ2v) is 7.62. The third-order valence-corrected chi connectivity index (χ3v) is 6.41. The van der Waals surface area contributed by atoms with Gasteiger partial charge in [0.05, 0.1) is 23.4 Å². The fourth-order valence-electron chi connectivity index (χ4n) is 2.88. The molecule has 1 aliphatic heterocycles. The highest BCUT2D eigenvalue weighted by Crippen LogP contribution is 2.32. The molecule has 0 amide bonds. The Labute approximate surface area is 126 Å². The standard InChI is InChI=1S/C15H23NO4S/c1-4-20-14-6-5-10(2)15(11(14)3)21(18,19)13-7-12(9-17)16-8-13/h5-6,12-13,16-17H,4,7-9H2,1-3H3. The van der Waals surface area contributed by atoms with Crippen molar-refractivity contribution in [3.8, 4) is 5.75 Å². The van der Waals surface area contributed by atoms with Gasteiger partial charge >= 0.3 is 0 Å². The van der Waals surface area contributed by atoms with Crippen molar-refractivity contribution in [1.29, 1.82) is 0 Å².